The second kappa shape index (κ2) is 10.4. The van der Waals surface area contributed by atoms with Gasteiger partial charge in [0.25, 0.3) is 0 Å². The molecule has 20 heavy (non-hydrogen) atoms. The van der Waals surface area contributed by atoms with E-state index in [0.717, 1.165) is 9.75 Å². The minimum Gasteiger partial charge on any atom is -0.388 e. The van der Waals surface area contributed by atoms with Gasteiger partial charge in [0.2, 0.25) is 0 Å². The Bertz CT molecular complexity index is 469. The van der Waals surface area contributed by atoms with Crippen molar-refractivity contribution in [1.29, 1.82) is 0 Å². The van der Waals surface area contributed by atoms with Crippen LogP contribution in [0.3, 0.4) is 0 Å². The molecule has 2 nitrogen and oxygen atoms in total. The summed E-state index contributed by atoms with van der Waals surface area (Å²) in [6.45, 7) is 0. The standard InChI is InChI=1S/C7H9ClOS.C7H7ClOS/c2*8-4-3-6(9)7-2-1-5-10-7/h1-2,5-6,9H,3-4H2;1-2,5H,3-4H2/t6-;/m0./s1. The number of ketones is 1. The smallest absolute Gasteiger partial charge is 0.173 e. The summed E-state index contributed by atoms with van der Waals surface area (Å²) in [5.74, 6) is 1.07. The number of halogens is 2. The summed E-state index contributed by atoms with van der Waals surface area (Å²) < 4.78 is 0. The lowest BCUT2D eigenvalue weighted by molar-refractivity contribution is 0.0993. The quantitative estimate of drug-likeness (QED) is 0.589. The largest absolute Gasteiger partial charge is 0.388 e. The van der Waals surface area contributed by atoms with Gasteiger partial charge in [-0.25, -0.2) is 0 Å². The van der Waals surface area contributed by atoms with Crippen LogP contribution in [0.4, 0.5) is 0 Å². The molecular formula is C14H16Cl2O2S2. The van der Waals surface area contributed by atoms with Crippen molar-refractivity contribution in [3.8, 4) is 0 Å². The Balaban J connectivity index is 0.000000200. The van der Waals surface area contributed by atoms with Crippen LogP contribution in [0.2, 0.25) is 0 Å². The lowest BCUT2D eigenvalue weighted by Gasteiger charge is -2.03. The lowest BCUT2D eigenvalue weighted by Crippen LogP contribution is -1.95. The zero-order chi connectivity index (χ0) is 14.8. The highest BCUT2D eigenvalue weighted by atomic mass is 35.5. The molecule has 0 aliphatic rings. The van der Waals surface area contributed by atoms with Crippen LogP contribution in [0.5, 0.6) is 0 Å². The fourth-order valence-corrected chi connectivity index (χ4v) is 3.19. The van der Waals surface area contributed by atoms with Crippen molar-refractivity contribution >= 4 is 51.7 Å². The van der Waals surface area contributed by atoms with Crippen molar-refractivity contribution in [2.24, 2.45) is 0 Å². The highest BCUT2D eigenvalue weighted by Gasteiger charge is 2.06. The van der Waals surface area contributed by atoms with Crippen LogP contribution in [0, 0.1) is 0 Å². The average Bonchev–Trinajstić information content (AvgIpc) is 3.14. The third-order valence-corrected chi connectivity index (χ3v) is 4.66. The lowest BCUT2D eigenvalue weighted by atomic mass is 10.2. The minimum atomic E-state index is -0.363. The Kier molecular flexibility index (Phi) is 9.14. The molecule has 2 heterocycles. The van der Waals surface area contributed by atoms with E-state index in [9.17, 15) is 9.90 Å². The first kappa shape index (κ1) is 17.7. The van der Waals surface area contributed by atoms with E-state index in [0.29, 0.717) is 24.6 Å². The first-order valence-electron chi connectivity index (χ1n) is 6.09. The van der Waals surface area contributed by atoms with Crippen LogP contribution < -0.4 is 0 Å². The maximum absolute atomic E-state index is 11.0. The number of rotatable bonds is 6. The molecule has 1 atom stereocenters. The first-order valence-corrected chi connectivity index (χ1v) is 8.92. The van der Waals surface area contributed by atoms with Crippen LogP contribution in [-0.4, -0.2) is 22.6 Å². The number of aliphatic hydroxyl groups is 1. The van der Waals surface area contributed by atoms with E-state index in [1.165, 1.54) is 11.3 Å². The van der Waals surface area contributed by atoms with E-state index < -0.39 is 0 Å². The van der Waals surface area contributed by atoms with Crippen LogP contribution in [0.1, 0.15) is 33.5 Å². The van der Waals surface area contributed by atoms with Gasteiger partial charge < -0.3 is 5.11 Å². The summed E-state index contributed by atoms with van der Waals surface area (Å²) >= 11 is 13.9. The molecule has 2 aromatic heterocycles. The molecule has 0 fully saturated rings. The molecule has 0 saturated heterocycles. The van der Waals surface area contributed by atoms with E-state index >= 15 is 0 Å². The number of Topliss-reactive ketones (excluding diaryl/α,β-unsaturated/α-hetero) is 1. The Hall–Kier alpha value is -0.390. The van der Waals surface area contributed by atoms with Gasteiger partial charge in [0.1, 0.15) is 0 Å². The maximum atomic E-state index is 11.0. The second-order valence-corrected chi connectivity index (χ2v) is 6.53. The number of thiophene rings is 2. The normalized spacial score (nSPS) is 11.6. The van der Waals surface area contributed by atoms with Gasteiger partial charge in [-0.05, 0) is 29.3 Å². The third kappa shape index (κ3) is 6.37. The number of hydrogen-bond acceptors (Lipinski definition) is 4. The molecule has 6 heteroatoms. The van der Waals surface area contributed by atoms with Crippen LogP contribution in [-0.2, 0) is 0 Å². The highest BCUT2D eigenvalue weighted by Crippen LogP contribution is 2.21. The van der Waals surface area contributed by atoms with E-state index in [-0.39, 0.29) is 11.9 Å². The minimum absolute atomic E-state index is 0.144. The van der Waals surface area contributed by atoms with Crippen molar-refractivity contribution in [1.82, 2.24) is 0 Å². The summed E-state index contributed by atoms with van der Waals surface area (Å²) in [4.78, 5) is 12.8. The second-order valence-electron chi connectivity index (χ2n) is 3.85. The molecule has 0 saturated carbocycles. The van der Waals surface area contributed by atoms with Crippen LogP contribution in [0.15, 0.2) is 35.0 Å². The van der Waals surface area contributed by atoms with Gasteiger partial charge in [-0.3, -0.25) is 4.79 Å². The van der Waals surface area contributed by atoms with Crippen LogP contribution in [0.25, 0.3) is 0 Å². The summed E-state index contributed by atoms with van der Waals surface area (Å²) in [7, 11) is 0. The van der Waals surface area contributed by atoms with Gasteiger partial charge in [0.15, 0.2) is 5.78 Å². The average molecular weight is 351 g/mol. The fourth-order valence-electron chi connectivity index (χ4n) is 1.37. The van der Waals surface area contributed by atoms with Gasteiger partial charge in [0.05, 0.1) is 11.0 Å². The molecule has 0 aromatic carbocycles. The molecular weight excluding hydrogens is 335 g/mol. The van der Waals surface area contributed by atoms with E-state index in [1.807, 2.05) is 35.0 Å². The number of hydrogen-bond donors (Lipinski definition) is 1. The molecule has 0 spiro atoms. The molecule has 2 rings (SSSR count). The van der Waals surface area contributed by atoms with Gasteiger partial charge in [0, 0.05) is 23.1 Å². The zero-order valence-corrected chi connectivity index (χ0v) is 13.9. The summed E-state index contributed by atoms with van der Waals surface area (Å²) in [6, 6.07) is 7.53. The topological polar surface area (TPSA) is 37.3 Å². The summed E-state index contributed by atoms with van der Waals surface area (Å²) in [5, 5.41) is 13.2. The van der Waals surface area contributed by atoms with Crippen molar-refractivity contribution < 1.29 is 9.90 Å². The molecule has 0 aliphatic carbocycles. The predicted octanol–water partition coefficient (Wildman–Crippen LogP) is 4.97. The van der Waals surface area contributed by atoms with Crippen molar-refractivity contribution in [3.63, 3.8) is 0 Å². The highest BCUT2D eigenvalue weighted by molar-refractivity contribution is 7.12. The molecule has 0 aliphatic heterocycles. The van der Waals surface area contributed by atoms with Crippen molar-refractivity contribution in [2.75, 3.05) is 11.8 Å². The monoisotopic (exact) mass is 350 g/mol. The van der Waals surface area contributed by atoms with E-state index in [4.69, 9.17) is 23.2 Å². The Morgan fingerprint density at radius 3 is 2.35 bits per heavy atom. The Labute approximate surface area is 137 Å². The van der Waals surface area contributed by atoms with E-state index in [1.54, 1.807) is 11.3 Å². The maximum Gasteiger partial charge on any atom is 0.173 e. The van der Waals surface area contributed by atoms with E-state index in [2.05, 4.69) is 0 Å². The van der Waals surface area contributed by atoms with Crippen LogP contribution >= 0.6 is 45.9 Å². The predicted molar refractivity (Wildman–Crippen MR) is 88.6 cm³/mol. The molecule has 0 amide bonds. The first-order chi connectivity index (χ1) is 9.69. The van der Waals surface area contributed by atoms with Gasteiger partial charge >= 0.3 is 0 Å². The SMILES string of the molecule is O=C(CCCl)c1cccs1.O[C@@H](CCCl)c1cccs1. The van der Waals surface area contributed by atoms with Gasteiger partial charge in [-0.2, -0.15) is 0 Å². The van der Waals surface area contributed by atoms with Gasteiger partial charge in [-0.1, -0.05) is 12.1 Å². The molecule has 2 aromatic rings. The number of carbonyl (C=O) groups is 1. The third-order valence-electron chi connectivity index (χ3n) is 2.37. The number of alkyl halides is 2. The molecule has 0 bridgehead atoms. The Morgan fingerprint density at radius 1 is 1.15 bits per heavy atom. The molecule has 0 unspecified atom stereocenters. The van der Waals surface area contributed by atoms with Gasteiger partial charge in [-0.15, -0.1) is 45.9 Å². The van der Waals surface area contributed by atoms with Crippen molar-refractivity contribution in [3.05, 3.63) is 44.8 Å². The number of carbonyl (C=O) groups excluding carboxylic acids is 1. The Morgan fingerprint density at radius 2 is 1.85 bits per heavy atom. The number of aliphatic hydroxyl groups excluding tert-OH is 1. The summed E-state index contributed by atoms with van der Waals surface area (Å²) in [5.41, 5.74) is 0. The fraction of sp³-hybridized carbons (Fsp3) is 0.357. The summed E-state index contributed by atoms with van der Waals surface area (Å²) in [6.07, 6.45) is 0.724. The molecule has 1 N–H and O–H groups in total. The molecule has 0 radical (unpaired) electrons. The zero-order valence-electron chi connectivity index (χ0n) is 10.8. The molecule has 110 valence electrons. The van der Waals surface area contributed by atoms with Crippen molar-refractivity contribution in [2.45, 2.75) is 18.9 Å².